The van der Waals surface area contributed by atoms with Crippen LogP contribution in [0, 0.1) is 32.6 Å². The Morgan fingerprint density at radius 3 is 1.78 bits per heavy atom. The number of oxazole rings is 1. The number of aliphatic hydroxyl groups is 1. The number of ether oxygens (including phenoxy) is 1. The molecule has 3 N–H and O–H groups in total. The van der Waals surface area contributed by atoms with Crippen LogP contribution in [0.3, 0.4) is 0 Å². The first kappa shape index (κ1) is 48.7. The summed E-state index contributed by atoms with van der Waals surface area (Å²) in [5, 5.41) is 26.6. The number of aryl methyl sites for hydroxylation is 3. The molecule has 4 amide bonds. The molecule has 0 radical (unpaired) electrons. The number of hydrogen-bond donors (Lipinski definition) is 3. The van der Waals surface area contributed by atoms with E-state index in [1.165, 1.54) is 22.5 Å². The summed E-state index contributed by atoms with van der Waals surface area (Å²) in [6.07, 6.45) is 0.515. The van der Waals surface area contributed by atoms with Crippen LogP contribution in [0.5, 0.6) is 0 Å². The van der Waals surface area contributed by atoms with E-state index in [2.05, 4.69) is 35.8 Å². The molecule has 0 unspecified atom stereocenters. The minimum absolute atomic E-state index is 0.0247. The van der Waals surface area contributed by atoms with E-state index in [-0.39, 0.29) is 81.1 Å². The topological polar surface area (TPSA) is 206 Å². The second kappa shape index (κ2) is 21.3. The van der Waals surface area contributed by atoms with E-state index in [1.807, 2.05) is 101 Å². The molecule has 2 saturated heterocycles. The van der Waals surface area contributed by atoms with Crippen LogP contribution >= 0.6 is 34.0 Å². The lowest BCUT2D eigenvalue weighted by molar-refractivity contribution is -0.140. The number of nitrogens with one attached hydrogen (secondary N) is 2. The third kappa shape index (κ3) is 10.9. The van der Waals surface area contributed by atoms with Gasteiger partial charge in [-0.15, -0.1) is 32.9 Å². The van der Waals surface area contributed by atoms with Crippen molar-refractivity contribution in [3.63, 3.8) is 0 Å². The monoisotopic (exact) mass is 979 g/mol. The molecule has 0 aliphatic carbocycles. The summed E-state index contributed by atoms with van der Waals surface area (Å²) in [7, 11) is 0. The Labute approximate surface area is 407 Å². The Balaban J connectivity index is 0.915. The van der Waals surface area contributed by atoms with Gasteiger partial charge in [0.1, 0.15) is 35.0 Å². The average molecular weight is 980 g/mol. The van der Waals surface area contributed by atoms with Crippen molar-refractivity contribution >= 4 is 57.6 Å². The molecule has 19 heteroatoms. The highest BCUT2D eigenvalue weighted by Crippen LogP contribution is 2.35. The minimum atomic E-state index is -0.854. The Kier molecular flexibility index (Phi) is 15.2. The first-order chi connectivity index (χ1) is 32.6. The first-order valence-electron chi connectivity index (χ1n) is 22.8. The van der Waals surface area contributed by atoms with Gasteiger partial charge in [-0.3, -0.25) is 19.2 Å². The zero-order valence-corrected chi connectivity index (χ0v) is 41.6. The predicted octanol–water partition coefficient (Wildman–Crippen LogP) is 6.96. The van der Waals surface area contributed by atoms with Gasteiger partial charge in [0, 0.05) is 45.9 Å². The molecule has 2 fully saturated rings. The van der Waals surface area contributed by atoms with Crippen molar-refractivity contribution in [2.45, 2.75) is 117 Å². The van der Waals surface area contributed by atoms with Gasteiger partial charge in [0.15, 0.2) is 5.89 Å². The van der Waals surface area contributed by atoms with Crippen LogP contribution in [-0.2, 0) is 43.6 Å². The van der Waals surface area contributed by atoms with Crippen LogP contribution in [0.25, 0.3) is 20.9 Å². The highest BCUT2D eigenvalue weighted by molar-refractivity contribution is 7.13. The number of β-amino-alcohol motifs (C(OH)–C–C–N with tert-alkyl or cyclic N) is 1. The number of hydrogen-bond acceptors (Lipinski definition) is 15. The fourth-order valence-electron chi connectivity index (χ4n) is 8.99. The highest BCUT2D eigenvalue weighted by Gasteiger charge is 2.45. The molecule has 68 heavy (non-hydrogen) atoms. The second-order valence-corrected chi connectivity index (χ2v) is 21.0. The molecule has 2 aliphatic rings. The maximum atomic E-state index is 14.4. The van der Waals surface area contributed by atoms with E-state index >= 15 is 0 Å². The molecule has 358 valence electrons. The number of nitrogens with zero attached hydrogens (tertiary/aromatic N) is 7. The van der Waals surface area contributed by atoms with Crippen molar-refractivity contribution < 1.29 is 33.4 Å². The zero-order valence-electron chi connectivity index (χ0n) is 39.2. The third-order valence-electron chi connectivity index (χ3n) is 12.6. The molecule has 6 aromatic rings. The van der Waals surface area contributed by atoms with Crippen LogP contribution in [0.1, 0.15) is 96.5 Å². The fraction of sp³-hybridized carbons (Fsp3) is 0.449. The first-order valence-corrected chi connectivity index (χ1v) is 25.4. The summed E-state index contributed by atoms with van der Waals surface area (Å²) in [6, 6.07) is 14.3. The van der Waals surface area contributed by atoms with Gasteiger partial charge in [-0.2, -0.15) is 0 Å². The van der Waals surface area contributed by atoms with Crippen LogP contribution in [-0.4, -0.2) is 101 Å². The number of carbonyl (C=O) groups is 4. The summed E-state index contributed by atoms with van der Waals surface area (Å²) in [4.78, 5) is 74.9. The molecular formula is C49H57N9O7S3. The number of carbonyl (C=O) groups excluding carboxylic acids is 4. The average Bonchev–Trinajstić information content (AvgIpc) is 4.19. The quantitative estimate of drug-likeness (QED) is 0.0849. The normalized spacial score (nSPS) is 19.2. The van der Waals surface area contributed by atoms with Crippen LogP contribution in [0.4, 0.5) is 0 Å². The summed E-state index contributed by atoms with van der Waals surface area (Å²) in [5.41, 5.74) is 10.0. The maximum absolute atomic E-state index is 14.4. The van der Waals surface area contributed by atoms with Gasteiger partial charge in [0.05, 0.1) is 61.9 Å². The molecular weight excluding hydrogens is 923 g/mol. The Morgan fingerprint density at radius 2 is 1.28 bits per heavy atom. The molecule has 6 atom stereocenters. The van der Waals surface area contributed by atoms with Crippen LogP contribution in [0.2, 0.25) is 0 Å². The molecule has 0 spiro atoms. The van der Waals surface area contributed by atoms with E-state index in [0.29, 0.717) is 21.6 Å². The smallest absolute Gasteiger partial charge is 0.243 e. The lowest BCUT2D eigenvalue weighted by Crippen LogP contribution is -2.48. The van der Waals surface area contributed by atoms with Crippen LogP contribution < -0.4 is 10.6 Å². The lowest BCUT2D eigenvalue weighted by Gasteiger charge is -2.29. The maximum Gasteiger partial charge on any atom is 0.243 e. The minimum Gasteiger partial charge on any atom is -0.449 e. The largest absolute Gasteiger partial charge is 0.449 e. The number of benzene rings is 2. The van der Waals surface area contributed by atoms with Gasteiger partial charge in [-0.05, 0) is 47.9 Å². The SMILES string of the molecule is Cc1nc([C@H](C(=O)N2C[C@H](OCc3nnc([C@H](C(=O)N4C[C@H](O)C[C@H]4C(=O)NCc4ccc(-c5scnc5C)cc4)C(C)C)s3)C[C@H]2C(=O)NCc2ccc(-c3scnc3C)cc2)C(C)C)co1. The molecule has 6 heterocycles. The lowest BCUT2D eigenvalue weighted by atomic mass is 9.91. The van der Waals surface area contributed by atoms with Gasteiger partial charge in [0.2, 0.25) is 23.6 Å². The zero-order chi connectivity index (χ0) is 48.2. The van der Waals surface area contributed by atoms with Crippen LogP contribution in [0.15, 0.2) is 70.2 Å². The summed E-state index contributed by atoms with van der Waals surface area (Å²) in [6.45, 7) is 14.2. The van der Waals surface area contributed by atoms with E-state index in [0.717, 1.165) is 43.4 Å². The Bertz CT molecular complexity index is 2710. The molecule has 0 bridgehead atoms. The van der Waals surface area contributed by atoms with E-state index < -0.39 is 36.1 Å². The van der Waals surface area contributed by atoms with E-state index in [1.54, 1.807) is 34.5 Å². The summed E-state index contributed by atoms with van der Waals surface area (Å²) < 4.78 is 11.9. The van der Waals surface area contributed by atoms with Crippen molar-refractivity contribution in [2.75, 3.05) is 13.1 Å². The molecule has 16 nitrogen and oxygen atoms in total. The second-order valence-electron chi connectivity index (χ2n) is 18.2. The van der Waals surface area contributed by atoms with Crippen molar-refractivity contribution in [2.24, 2.45) is 11.8 Å². The number of rotatable bonds is 17. The van der Waals surface area contributed by atoms with Crippen molar-refractivity contribution in [1.82, 2.24) is 45.6 Å². The standard InChI is InChI=1S/C49H57N9O7S3/c1-26(2)41(37-22-64-30(7)54-37)48(62)58-21-36(17-39(58)46(61)51-19-32-10-14-34(15-11-32)44-29(6)53-25-67-44)65-23-40-55-56-47(68-40)42(27(3)4)49(63)57-20-35(59)16-38(57)45(60)50-18-31-8-12-33(13-9-31)43-28(5)52-24-66-43/h8-15,22,24-27,35-36,38-39,41-42,59H,16-21,23H2,1-7H3,(H,50,60)(H,51,61)/t35-,36-,38+,39+,41-,42-/m1/s1. The van der Waals surface area contributed by atoms with Gasteiger partial charge < -0.3 is 34.7 Å². The van der Waals surface area contributed by atoms with Gasteiger partial charge in [0.25, 0.3) is 0 Å². The molecule has 8 rings (SSSR count). The Morgan fingerprint density at radius 1 is 0.750 bits per heavy atom. The number of aliphatic hydroxyl groups excluding tert-OH is 1. The number of aromatic nitrogens is 5. The van der Waals surface area contributed by atoms with Crippen molar-refractivity contribution in [1.29, 1.82) is 0 Å². The number of amides is 4. The van der Waals surface area contributed by atoms with Gasteiger partial charge in [-0.1, -0.05) is 87.6 Å². The molecule has 4 aromatic heterocycles. The number of likely N-dealkylation sites (tertiary alicyclic amines) is 2. The molecule has 0 saturated carbocycles. The summed E-state index contributed by atoms with van der Waals surface area (Å²) >= 11 is 4.40. The van der Waals surface area contributed by atoms with Crippen molar-refractivity contribution in [3.05, 3.63) is 110 Å². The molecule has 2 aliphatic heterocycles. The third-order valence-corrected chi connectivity index (χ3v) is 15.5. The molecule has 2 aromatic carbocycles. The van der Waals surface area contributed by atoms with E-state index in [9.17, 15) is 24.3 Å². The predicted molar refractivity (Wildman–Crippen MR) is 259 cm³/mol. The number of thiazole rings is 2. The summed E-state index contributed by atoms with van der Waals surface area (Å²) in [5.74, 6) is -2.44. The van der Waals surface area contributed by atoms with Gasteiger partial charge >= 0.3 is 0 Å². The highest BCUT2D eigenvalue weighted by atomic mass is 32.1. The van der Waals surface area contributed by atoms with Gasteiger partial charge in [-0.25, -0.2) is 15.0 Å². The van der Waals surface area contributed by atoms with E-state index in [4.69, 9.17) is 9.15 Å². The Hall–Kier alpha value is -5.73. The fourth-order valence-corrected chi connectivity index (χ4v) is 11.6. The van der Waals surface area contributed by atoms with Crippen molar-refractivity contribution in [3.8, 4) is 20.9 Å².